The number of aromatic nitrogens is 3. The van der Waals surface area contributed by atoms with Gasteiger partial charge in [-0.05, 0) is 51.4 Å². The first-order valence-corrected chi connectivity index (χ1v) is 14.5. The third-order valence-electron chi connectivity index (χ3n) is 9.20. The molecule has 0 saturated heterocycles. The lowest BCUT2D eigenvalue weighted by molar-refractivity contribution is 0.666. The minimum Gasteiger partial charge on any atom is -0.247 e. The Hall–Kier alpha value is -5.28. The van der Waals surface area contributed by atoms with Crippen LogP contribution in [0.25, 0.3) is 71.6 Å². The van der Waals surface area contributed by atoms with Gasteiger partial charge in [0, 0.05) is 38.9 Å². The van der Waals surface area contributed by atoms with Crippen LogP contribution in [0.3, 0.4) is 0 Å². The van der Waals surface area contributed by atoms with Gasteiger partial charge < -0.3 is 0 Å². The summed E-state index contributed by atoms with van der Waals surface area (Å²) in [6, 6.07) is 43.5. The summed E-state index contributed by atoms with van der Waals surface area (Å²) in [5, 5.41) is 9.69. The van der Waals surface area contributed by atoms with Gasteiger partial charge in [0.1, 0.15) is 0 Å². The molecule has 0 spiro atoms. The van der Waals surface area contributed by atoms with Gasteiger partial charge >= 0.3 is 0 Å². The molecular formula is C39H27N3. The predicted octanol–water partition coefficient (Wildman–Crippen LogP) is 9.83. The highest BCUT2D eigenvalue weighted by molar-refractivity contribution is 6.15. The van der Waals surface area contributed by atoms with E-state index in [2.05, 4.69) is 135 Å². The molecule has 0 radical (unpaired) electrons. The first-order chi connectivity index (χ1) is 20.6. The second kappa shape index (κ2) is 8.37. The third kappa shape index (κ3) is 3.16. The molecule has 3 heterocycles. The molecule has 0 fully saturated rings. The quantitative estimate of drug-likeness (QED) is 0.205. The van der Waals surface area contributed by atoms with Crippen molar-refractivity contribution in [3.8, 4) is 33.5 Å². The van der Waals surface area contributed by atoms with E-state index >= 15 is 0 Å². The lowest BCUT2D eigenvalue weighted by Crippen LogP contribution is -2.15. The Morgan fingerprint density at radius 2 is 1.24 bits per heavy atom. The number of fused-ring (bicyclic) bond motifs is 10. The lowest BCUT2D eigenvalue weighted by Gasteiger charge is -2.24. The fourth-order valence-corrected chi connectivity index (χ4v) is 7.20. The summed E-state index contributed by atoms with van der Waals surface area (Å²) in [4.78, 5) is 5.25. The number of para-hydroxylation sites is 1. The van der Waals surface area contributed by atoms with Crippen LogP contribution < -0.4 is 0 Å². The summed E-state index contributed by atoms with van der Waals surface area (Å²) in [5.41, 5.74) is 13.0. The number of hydrogen-bond donors (Lipinski definition) is 0. The Morgan fingerprint density at radius 3 is 2.10 bits per heavy atom. The zero-order valence-electron chi connectivity index (χ0n) is 23.5. The SMILES string of the molecule is CC1(C)c2ccccc2-c2ccc3c(-c4ccc(-c5ccc6c7ccccc7nn6c5)cc4)nc4ccccc4c3c21. The molecule has 42 heavy (non-hydrogen) atoms. The van der Waals surface area contributed by atoms with Crippen LogP contribution in [0, 0.1) is 0 Å². The van der Waals surface area contributed by atoms with E-state index in [0.717, 1.165) is 38.9 Å². The van der Waals surface area contributed by atoms with Gasteiger partial charge in [-0.1, -0.05) is 117 Å². The molecule has 3 nitrogen and oxygen atoms in total. The molecule has 0 amide bonds. The van der Waals surface area contributed by atoms with Crippen molar-refractivity contribution in [1.82, 2.24) is 14.6 Å². The lowest BCUT2D eigenvalue weighted by atomic mass is 9.79. The predicted molar refractivity (Wildman–Crippen MR) is 174 cm³/mol. The largest absolute Gasteiger partial charge is 0.247 e. The molecule has 3 heteroatoms. The van der Waals surface area contributed by atoms with Crippen molar-refractivity contribution < 1.29 is 0 Å². The first-order valence-electron chi connectivity index (χ1n) is 14.5. The fraction of sp³-hybridized carbons (Fsp3) is 0.0769. The average Bonchev–Trinajstić information content (AvgIpc) is 3.52. The summed E-state index contributed by atoms with van der Waals surface area (Å²) >= 11 is 0. The van der Waals surface area contributed by atoms with Gasteiger partial charge in [-0.2, -0.15) is 5.10 Å². The highest BCUT2D eigenvalue weighted by atomic mass is 15.2. The van der Waals surface area contributed by atoms with Gasteiger partial charge in [0.25, 0.3) is 0 Å². The van der Waals surface area contributed by atoms with E-state index in [4.69, 9.17) is 10.1 Å². The molecule has 1 aliphatic rings. The fourth-order valence-electron chi connectivity index (χ4n) is 7.20. The van der Waals surface area contributed by atoms with Crippen molar-refractivity contribution in [2.45, 2.75) is 19.3 Å². The number of rotatable bonds is 2. The molecule has 3 aromatic heterocycles. The Kier molecular flexibility index (Phi) is 4.67. The number of benzene rings is 5. The van der Waals surface area contributed by atoms with Crippen LogP contribution in [0.2, 0.25) is 0 Å². The summed E-state index contributed by atoms with van der Waals surface area (Å²) in [6.07, 6.45) is 2.12. The van der Waals surface area contributed by atoms with Crippen molar-refractivity contribution >= 4 is 38.1 Å². The monoisotopic (exact) mass is 537 g/mol. The van der Waals surface area contributed by atoms with Crippen molar-refractivity contribution in [1.29, 1.82) is 0 Å². The smallest absolute Gasteiger partial charge is 0.0933 e. The molecule has 0 bridgehead atoms. The topological polar surface area (TPSA) is 30.2 Å². The summed E-state index contributed by atoms with van der Waals surface area (Å²) in [6.45, 7) is 4.72. The van der Waals surface area contributed by atoms with Crippen LogP contribution in [0.1, 0.15) is 25.0 Å². The number of hydrogen-bond acceptors (Lipinski definition) is 2. The zero-order valence-corrected chi connectivity index (χ0v) is 23.5. The van der Waals surface area contributed by atoms with Crippen LogP contribution in [0.4, 0.5) is 0 Å². The van der Waals surface area contributed by atoms with Crippen LogP contribution in [-0.4, -0.2) is 14.6 Å². The van der Waals surface area contributed by atoms with E-state index in [1.54, 1.807) is 0 Å². The van der Waals surface area contributed by atoms with Crippen molar-refractivity contribution in [2.75, 3.05) is 0 Å². The highest BCUT2D eigenvalue weighted by Crippen LogP contribution is 2.53. The van der Waals surface area contributed by atoms with E-state index in [0.29, 0.717) is 0 Å². The van der Waals surface area contributed by atoms with Crippen molar-refractivity contribution in [3.63, 3.8) is 0 Å². The van der Waals surface area contributed by atoms with Gasteiger partial charge in [-0.15, -0.1) is 0 Å². The van der Waals surface area contributed by atoms with Crippen LogP contribution in [0.5, 0.6) is 0 Å². The normalized spacial score (nSPS) is 13.7. The molecule has 0 saturated carbocycles. The Balaban J connectivity index is 1.22. The Bertz CT molecular complexity index is 2380. The van der Waals surface area contributed by atoms with Gasteiger partial charge in [0.05, 0.1) is 22.2 Å². The standard InChI is InChI=1S/C39H27N3/c1-39(2)32-12-6-3-9-27(32)28-20-21-31-36(37(28)39)30-11-5-7-13-33(30)40-38(31)25-17-15-24(16-18-25)26-19-22-35-29-10-4-8-14-34(29)41-42(35)23-26/h3-23H,1-2H3. The van der Waals surface area contributed by atoms with Gasteiger partial charge in [0.15, 0.2) is 0 Å². The maximum atomic E-state index is 5.25. The maximum Gasteiger partial charge on any atom is 0.0933 e. The van der Waals surface area contributed by atoms with Crippen LogP contribution in [-0.2, 0) is 5.41 Å². The van der Waals surface area contributed by atoms with Gasteiger partial charge in [-0.3, -0.25) is 0 Å². The van der Waals surface area contributed by atoms with Gasteiger partial charge in [-0.25, -0.2) is 9.50 Å². The van der Waals surface area contributed by atoms with E-state index in [-0.39, 0.29) is 5.41 Å². The zero-order chi connectivity index (χ0) is 28.0. The molecule has 0 unspecified atom stereocenters. The Labute approximate surface area is 243 Å². The van der Waals surface area contributed by atoms with E-state index in [1.165, 1.54) is 43.8 Å². The molecule has 0 aliphatic heterocycles. The summed E-state index contributed by atoms with van der Waals surface area (Å²) in [5.74, 6) is 0. The molecule has 5 aromatic carbocycles. The Morgan fingerprint density at radius 1 is 0.548 bits per heavy atom. The average molecular weight is 538 g/mol. The summed E-state index contributed by atoms with van der Waals surface area (Å²) in [7, 11) is 0. The molecule has 198 valence electrons. The van der Waals surface area contributed by atoms with Crippen LogP contribution in [0.15, 0.2) is 128 Å². The minimum atomic E-state index is -0.105. The van der Waals surface area contributed by atoms with Crippen molar-refractivity contribution in [3.05, 3.63) is 139 Å². The first kappa shape index (κ1) is 23.4. The van der Waals surface area contributed by atoms with Crippen LogP contribution >= 0.6 is 0 Å². The molecule has 8 aromatic rings. The third-order valence-corrected chi connectivity index (χ3v) is 9.20. The van der Waals surface area contributed by atoms with Crippen molar-refractivity contribution in [2.24, 2.45) is 0 Å². The second-order valence-corrected chi connectivity index (χ2v) is 11.9. The highest BCUT2D eigenvalue weighted by Gasteiger charge is 2.37. The molecule has 9 rings (SSSR count). The molecule has 1 aliphatic carbocycles. The number of nitrogens with zero attached hydrogens (tertiary/aromatic N) is 3. The second-order valence-electron chi connectivity index (χ2n) is 11.9. The van der Waals surface area contributed by atoms with Gasteiger partial charge in [0.2, 0.25) is 0 Å². The van der Waals surface area contributed by atoms with E-state index in [1.807, 2.05) is 10.6 Å². The minimum absolute atomic E-state index is 0.105. The molecule has 0 atom stereocenters. The number of pyridine rings is 2. The maximum absolute atomic E-state index is 5.25. The molecular weight excluding hydrogens is 510 g/mol. The molecule has 0 N–H and O–H groups in total. The van der Waals surface area contributed by atoms with E-state index < -0.39 is 0 Å². The van der Waals surface area contributed by atoms with E-state index in [9.17, 15) is 0 Å². The summed E-state index contributed by atoms with van der Waals surface area (Å²) < 4.78 is 1.99.